The van der Waals surface area contributed by atoms with Gasteiger partial charge in [-0.25, -0.2) is 8.78 Å². The summed E-state index contributed by atoms with van der Waals surface area (Å²) < 4.78 is 33.1. The van der Waals surface area contributed by atoms with Gasteiger partial charge in [0.25, 0.3) is 0 Å². The number of halogens is 3. The van der Waals surface area contributed by atoms with E-state index in [2.05, 4.69) is 5.32 Å². The Bertz CT molecular complexity index is 604. The Kier molecular flexibility index (Phi) is 4.93. The molecular weight excluding hydrogens is 284 g/mol. The maximum Gasteiger partial charge on any atom is 0.184 e. The second-order valence-corrected chi connectivity index (χ2v) is 4.57. The fraction of sp³-hybridized carbons (Fsp3) is 0.200. The normalized spacial score (nSPS) is 10.6. The monoisotopic (exact) mass is 297 g/mol. The molecule has 2 nitrogen and oxygen atoms in total. The lowest BCUT2D eigenvalue weighted by molar-refractivity contribution is 0.408. The molecule has 0 amide bonds. The van der Waals surface area contributed by atoms with Gasteiger partial charge in [0.1, 0.15) is 0 Å². The zero-order valence-corrected chi connectivity index (χ0v) is 11.7. The smallest absolute Gasteiger partial charge is 0.184 e. The molecule has 0 radical (unpaired) electrons. The fourth-order valence-corrected chi connectivity index (χ4v) is 1.91. The van der Waals surface area contributed by atoms with Gasteiger partial charge in [0.2, 0.25) is 0 Å². The Labute approximate surface area is 121 Å². The van der Waals surface area contributed by atoms with Crippen LogP contribution in [-0.4, -0.2) is 6.54 Å². The Morgan fingerprint density at radius 1 is 1.15 bits per heavy atom. The van der Waals surface area contributed by atoms with E-state index in [-0.39, 0.29) is 16.5 Å². The molecule has 0 saturated heterocycles. The first-order valence-corrected chi connectivity index (χ1v) is 6.61. The summed E-state index contributed by atoms with van der Waals surface area (Å²) in [6, 6.07) is 8.95. The van der Waals surface area contributed by atoms with Gasteiger partial charge >= 0.3 is 0 Å². The Morgan fingerprint density at radius 2 is 1.90 bits per heavy atom. The summed E-state index contributed by atoms with van der Waals surface area (Å²) >= 11 is 5.68. The van der Waals surface area contributed by atoms with Gasteiger partial charge in [-0.05, 0) is 24.7 Å². The van der Waals surface area contributed by atoms with E-state index in [1.165, 1.54) is 18.2 Å². The standard InChI is InChI=1S/C15H14ClF2NO/c1-2-19-9-10-5-3-7-12(17)15(10)20-13-8-4-6-11(16)14(13)18/h3-8,19H,2,9H2,1H3. The largest absolute Gasteiger partial charge is 0.451 e. The van der Waals surface area contributed by atoms with Crippen molar-refractivity contribution in [3.05, 3.63) is 58.6 Å². The van der Waals surface area contributed by atoms with Crippen LogP contribution >= 0.6 is 11.6 Å². The summed E-state index contributed by atoms with van der Waals surface area (Å²) in [5.41, 5.74) is 0.617. The quantitative estimate of drug-likeness (QED) is 0.876. The number of hydrogen-bond donors (Lipinski definition) is 1. The van der Waals surface area contributed by atoms with E-state index in [0.29, 0.717) is 12.1 Å². The van der Waals surface area contributed by atoms with Crippen molar-refractivity contribution in [1.29, 1.82) is 0 Å². The first kappa shape index (κ1) is 14.8. The molecule has 0 bridgehead atoms. The summed E-state index contributed by atoms with van der Waals surface area (Å²) in [6.45, 7) is 3.11. The number of ether oxygens (including phenoxy) is 1. The second-order valence-electron chi connectivity index (χ2n) is 4.16. The third-order valence-corrected chi connectivity index (χ3v) is 3.03. The van der Waals surface area contributed by atoms with E-state index >= 15 is 0 Å². The van der Waals surface area contributed by atoms with Gasteiger partial charge in [-0.1, -0.05) is 36.7 Å². The van der Waals surface area contributed by atoms with Gasteiger partial charge in [0, 0.05) is 12.1 Å². The molecule has 0 aliphatic rings. The summed E-state index contributed by atoms with van der Waals surface area (Å²) in [6.07, 6.45) is 0. The summed E-state index contributed by atoms with van der Waals surface area (Å²) in [4.78, 5) is 0. The lowest BCUT2D eigenvalue weighted by Gasteiger charge is -2.13. The first-order chi connectivity index (χ1) is 9.63. The van der Waals surface area contributed by atoms with Crippen LogP contribution in [0.3, 0.4) is 0 Å². The zero-order valence-electron chi connectivity index (χ0n) is 10.9. The van der Waals surface area contributed by atoms with Crippen LogP contribution in [0.25, 0.3) is 0 Å². The van der Waals surface area contributed by atoms with Crippen LogP contribution in [0.1, 0.15) is 12.5 Å². The molecule has 0 heterocycles. The maximum absolute atomic E-state index is 13.9. The van der Waals surface area contributed by atoms with E-state index in [9.17, 15) is 8.78 Å². The van der Waals surface area contributed by atoms with E-state index in [4.69, 9.17) is 16.3 Å². The van der Waals surface area contributed by atoms with E-state index in [0.717, 1.165) is 6.54 Å². The highest BCUT2D eigenvalue weighted by Gasteiger charge is 2.14. The third kappa shape index (κ3) is 3.26. The number of hydrogen-bond acceptors (Lipinski definition) is 2. The van der Waals surface area contributed by atoms with E-state index in [1.54, 1.807) is 18.2 Å². The van der Waals surface area contributed by atoms with E-state index in [1.807, 2.05) is 6.92 Å². The Morgan fingerprint density at radius 3 is 2.65 bits per heavy atom. The van der Waals surface area contributed by atoms with Crippen molar-refractivity contribution in [2.45, 2.75) is 13.5 Å². The van der Waals surface area contributed by atoms with Crippen LogP contribution in [0.4, 0.5) is 8.78 Å². The van der Waals surface area contributed by atoms with Crippen LogP contribution in [0.2, 0.25) is 5.02 Å². The van der Waals surface area contributed by atoms with Crippen molar-refractivity contribution in [2.75, 3.05) is 6.54 Å². The highest BCUT2D eigenvalue weighted by atomic mass is 35.5. The van der Waals surface area contributed by atoms with Crippen LogP contribution in [0.15, 0.2) is 36.4 Å². The van der Waals surface area contributed by atoms with Crippen molar-refractivity contribution in [2.24, 2.45) is 0 Å². The Hall–Kier alpha value is -1.65. The predicted molar refractivity (Wildman–Crippen MR) is 75.3 cm³/mol. The molecule has 20 heavy (non-hydrogen) atoms. The Balaban J connectivity index is 2.34. The highest BCUT2D eigenvalue weighted by Crippen LogP contribution is 2.32. The molecule has 2 aromatic carbocycles. The minimum atomic E-state index is -0.702. The molecule has 0 aliphatic carbocycles. The van der Waals surface area contributed by atoms with Gasteiger partial charge < -0.3 is 10.1 Å². The number of para-hydroxylation sites is 1. The molecule has 0 saturated carbocycles. The minimum Gasteiger partial charge on any atom is -0.451 e. The lowest BCUT2D eigenvalue weighted by atomic mass is 10.2. The first-order valence-electron chi connectivity index (χ1n) is 6.23. The number of nitrogens with one attached hydrogen (secondary N) is 1. The molecule has 0 fully saturated rings. The maximum atomic E-state index is 13.9. The van der Waals surface area contributed by atoms with Crippen molar-refractivity contribution < 1.29 is 13.5 Å². The highest BCUT2D eigenvalue weighted by molar-refractivity contribution is 6.30. The predicted octanol–water partition coefficient (Wildman–Crippen LogP) is 4.52. The van der Waals surface area contributed by atoms with E-state index < -0.39 is 11.6 Å². The molecule has 5 heteroatoms. The summed E-state index contributed by atoms with van der Waals surface area (Å²) in [5, 5.41) is 3.01. The van der Waals surface area contributed by atoms with Gasteiger partial charge in [-0.2, -0.15) is 0 Å². The van der Waals surface area contributed by atoms with Crippen molar-refractivity contribution in [1.82, 2.24) is 5.32 Å². The summed E-state index contributed by atoms with van der Waals surface area (Å²) in [7, 11) is 0. The molecule has 0 unspecified atom stereocenters. The van der Waals surface area contributed by atoms with Gasteiger partial charge in [0.15, 0.2) is 23.1 Å². The summed E-state index contributed by atoms with van der Waals surface area (Å²) in [5.74, 6) is -1.33. The molecule has 2 rings (SSSR count). The van der Waals surface area contributed by atoms with Crippen molar-refractivity contribution >= 4 is 11.6 Å². The minimum absolute atomic E-state index is 0.00890. The number of rotatable bonds is 5. The zero-order chi connectivity index (χ0) is 14.5. The van der Waals surface area contributed by atoms with Gasteiger partial charge in [0.05, 0.1) is 5.02 Å². The molecule has 106 valence electrons. The number of benzene rings is 2. The van der Waals surface area contributed by atoms with Crippen molar-refractivity contribution in [3.8, 4) is 11.5 Å². The second kappa shape index (κ2) is 6.68. The average Bonchev–Trinajstić information content (AvgIpc) is 2.44. The van der Waals surface area contributed by atoms with Crippen LogP contribution in [-0.2, 0) is 6.54 Å². The average molecular weight is 298 g/mol. The fourth-order valence-electron chi connectivity index (χ4n) is 1.74. The van der Waals surface area contributed by atoms with Crippen LogP contribution in [0, 0.1) is 11.6 Å². The third-order valence-electron chi connectivity index (χ3n) is 2.74. The molecule has 0 aliphatic heterocycles. The molecule has 0 aromatic heterocycles. The lowest BCUT2D eigenvalue weighted by Crippen LogP contribution is -2.13. The topological polar surface area (TPSA) is 21.3 Å². The molecule has 2 aromatic rings. The molecule has 0 spiro atoms. The van der Waals surface area contributed by atoms with Gasteiger partial charge in [-0.15, -0.1) is 0 Å². The SMILES string of the molecule is CCNCc1cccc(F)c1Oc1cccc(Cl)c1F. The van der Waals surface area contributed by atoms with Crippen molar-refractivity contribution in [3.63, 3.8) is 0 Å². The molecule has 0 atom stereocenters. The van der Waals surface area contributed by atoms with Gasteiger partial charge in [-0.3, -0.25) is 0 Å². The van der Waals surface area contributed by atoms with Crippen LogP contribution in [0.5, 0.6) is 11.5 Å². The molecular formula is C15H14ClF2NO. The molecule has 1 N–H and O–H groups in total. The van der Waals surface area contributed by atoms with Crippen LogP contribution < -0.4 is 10.1 Å².